The largest absolute Gasteiger partial charge is 0.348 e. The predicted molar refractivity (Wildman–Crippen MR) is 97.3 cm³/mol. The highest BCUT2D eigenvalue weighted by molar-refractivity contribution is 7.94. The standard InChI is InChI=1S/C17H16ClN3O4S/c1-11-10-26(24,25)21(17(11)23)13-4-5-14(15(18)7-13)16(22)20-9-12-3-2-6-19-8-12/h2-8,11H,9-10H2,1H3,(H,20,22)/t11-/m0/s1. The average Bonchev–Trinajstić information content (AvgIpc) is 2.80. The van der Waals surface area contributed by atoms with Crippen molar-refractivity contribution >= 4 is 39.1 Å². The van der Waals surface area contributed by atoms with E-state index in [4.69, 9.17) is 11.6 Å². The molecule has 0 radical (unpaired) electrons. The Morgan fingerprint density at radius 1 is 1.38 bits per heavy atom. The molecule has 136 valence electrons. The maximum atomic E-state index is 12.3. The van der Waals surface area contributed by atoms with Gasteiger partial charge in [0.2, 0.25) is 15.9 Å². The highest BCUT2D eigenvalue weighted by Crippen LogP contribution is 2.31. The second kappa shape index (κ2) is 7.05. The van der Waals surface area contributed by atoms with E-state index in [0.717, 1.165) is 9.87 Å². The summed E-state index contributed by atoms with van der Waals surface area (Å²) < 4.78 is 25.0. The van der Waals surface area contributed by atoms with Crippen LogP contribution in [0, 0.1) is 5.92 Å². The number of aromatic nitrogens is 1. The van der Waals surface area contributed by atoms with E-state index in [9.17, 15) is 18.0 Å². The fourth-order valence-electron chi connectivity index (χ4n) is 2.68. The summed E-state index contributed by atoms with van der Waals surface area (Å²) in [5, 5.41) is 2.78. The molecule has 0 bridgehead atoms. The molecule has 1 atom stereocenters. The fourth-order valence-corrected chi connectivity index (χ4v) is 4.75. The summed E-state index contributed by atoms with van der Waals surface area (Å²) in [7, 11) is -3.72. The molecule has 2 aromatic rings. The van der Waals surface area contributed by atoms with Crippen LogP contribution in [0.5, 0.6) is 0 Å². The molecule has 0 unspecified atom stereocenters. The van der Waals surface area contributed by atoms with Crippen LogP contribution >= 0.6 is 11.6 Å². The Labute approximate surface area is 156 Å². The quantitative estimate of drug-likeness (QED) is 0.856. The number of halogens is 1. The van der Waals surface area contributed by atoms with Crippen molar-refractivity contribution in [3.63, 3.8) is 0 Å². The monoisotopic (exact) mass is 393 g/mol. The Balaban J connectivity index is 1.79. The lowest BCUT2D eigenvalue weighted by molar-refractivity contribution is -0.119. The summed E-state index contributed by atoms with van der Waals surface area (Å²) in [6.07, 6.45) is 3.27. The number of hydrogen-bond acceptors (Lipinski definition) is 5. The number of nitrogens with one attached hydrogen (secondary N) is 1. The van der Waals surface area contributed by atoms with E-state index in [2.05, 4.69) is 10.3 Å². The van der Waals surface area contributed by atoms with E-state index in [1.54, 1.807) is 25.4 Å². The van der Waals surface area contributed by atoms with E-state index in [-0.39, 0.29) is 28.6 Å². The number of rotatable bonds is 4. The maximum Gasteiger partial charge on any atom is 0.253 e. The Hall–Kier alpha value is -2.45. The molecule has 1 aromatic heterocycles. The topological polar surface area (TPSA) is 96.4 Å². The lowest BCUT2D eigenvalue weighted by Crippen LogP contribution is -2.30. The third-order valence-electron chi connectivity index (χ3n) is 3.97. The van der Waals surface area contributed by atoms with Gasteiger partial charge in [-0.2, -0.15) is 0 Å². The Bertz CT molecular complexity index is 963. The average molecular weight is 394 g/mol. The van der Waals surface area contributed by atoms with Crippen molar-refractivity contribution in [3.8, 4) is 0 Å². The van der Waals surface area contributed by atoms with E-state index in [0.29, 0.717) is 0 Å². The molecule has 1 aliphatic rings. The van der Waals surface area contributed by atoms with Crippen molar-refractivity contribution in [2.75, 3.05) is 10.1 Å². The molecule has 2 heterocycles. The number of carbonyl (C=O) groups is 2. The van der Waals surface area contributed by atoms with Gasteiger partial charge < -0.3 is 5.32 Å². The van der Waals surface area contributed by atoms with Crippen LogP contribution in [0.1, 0.15) is 22.8 Å². The number of hydrogen-bond donors (Lipinski definition) is 1. The second-order valence-corrected chi connectivity index (χ2v) is 8.26. The molecule has 1 aliphatic heterocycles. The highest BCUT2D eigenvalue weighted by atomic mass is 35.5. The number of pyridine rings is 1. The second-order valence-electron chi connectivity index (χ2n) is 5.99. The van der Waals surface area contributed by atoms with Crippen molar-refractivity contribution < 1.29 is 18.0 Å². The van der Waals surface area contributed by atoms with Crippen LogP contribution < -0.4 is 9.62 Å². The summed E-state index contributed by atoms with van der Waals surface area (Å²) in [5.74, 6) is -1.76. The number of benzene rings is 1. The van der Waals surface area contributed by atoms with Gasteiger partial charge in [0, 0.05) is 18.9 Å². The zero-order chi connectivity index (χ0) is 18.9. The van der Waals surface area contributed by atoms with Gasteiger partial charge in [0.05, 0.1) is 27.9 Å². The van der Waals surface area contributed by atoms with E-state index < -0.39 is 27.8 Å². The zero-order valence-electron chi connectivity index (χ0n) is 13.8. The van der Waals surface area contributed by atoms with Gasteiger partial charge in [-0.3, -0.25) is 14.6 Å². The van der Waals surface area contributed by atoms with Crippen molar-refractivity contribution in [2.45, 2.75) is 13.5 Å². The van der Waals surface area contributed by atoms with Crippen molar-refractivity contribution in [3.05, 3.63) is 58.9 Å². The van der Waals surface area contributed by atoms with Crippen LogP contribution in [0.2, 0.25) is 5.02 Å². The predicted octanol–water partition coefficient (Wildman–Crippen LogP) is 1.98. The van der Waals surface area contributed by atoms with Gasteiger partial charge in [-0.15, -0.1) is 0 Å². The maximum absolute atomic E-state index is 12.3. The molecule has 1 N–H and O–H groups in total. The normalized spacial score (nSPS) is 18.8. The van der Waals surface area contributed by atoms with Crippen molar-refractivity contribution in [2.24, 2.45) is 5.92 Å². The first-order valence-corrected chi connectivity index (χ1v) is 9.82. The van der Waals surface area contributed by atoms with Crippen LogP contribution in [-0.2, 0) is 21.4 Å². The van der Waals surface area contributed by atoms with Gasteiger partial charge in [0.1, 0.15) is 0 Å². The van der Waals surface area contributed by atoms with Gasteiger partial charge in [0.15, 0.2) is 0 Å². The fraction of sp³-hybridized carbons (Fsp3) is 0.235. The van der Waals surface area contributed by atoms with E-state index in [1.165, 1.54) is 18.2 Å². The van der Waals surface area contributed by atoms with E-state index in [1.807, 2.05) is 6.07 Å². The molecule has 0 saturated carbocycles. The first-order valence-electron chi connectivity index (χ1n) is 7.83. The third-order valence-corrected chi connectivity index (χ3v) is 6.15. The highest BCUT2D eigenvalue weighted by Gasteiger charge is 2.42. The van der Waals surface area contributed by atoms with Crippen LogP contribution in [-0.4, -0.2) is 31.0 Å². The SMILES string of the molecule is C[C@H]1CS(=O)(=O)N(c2ccc(C(=O)NCc3cccnc3)c(Cl)c2)C1=O. The minimum atomic E-state index is -3.72. The number of nitrogens with zero attached hydrogens (tertiary/aromatic N) is 2. The van der Waals surface area contributed by atoms with Crippen LogP contribution in [0.25, 0.3) is 0 Å². The van der Waals surface area contributed by atoms with Gasteiger partial charge >= 0.3 is 0 Å². The molecule has 1 fully saturated rings. The Morgan fingerprint density at radius 3 is 2.73 bits per heavy atom. The number of amides is 2. The summed E-state index contributed by atoms with van der Waals surface area (Å²) in [6.45, 7) is 1.84. The summed E-state index contributed by atoms with van der Waals surface area (Å²) in [5.41, 5.74) is 1.15. The first-order chi connectivity index (χ1) is 12.3. The molecular formula is C17H16ClN3O4S. The molecule has 1 aromatic carbocycles. The molecule has 26 heavy (non-hydrogen) atoms. The number of anilines is 1. The van der Waals surface area contributed by atoms with E-state index >= 15 is 0 Å². The van der Waals surface area contributed by atoms with Crippen LogP contribution in [0.4, 0.5) is 5.69 Å². The van der Waals surface area contributed by atoms with Gasteiger partial charge in [0.25, 0.3) is 5.91 Å². The van der Waals surface area contributed by atoms with Crippen LogP contribution in [0.15, 0.2) is 42.7 Å². The minimum Gasteiger partial charge on any atom is -0.348 e. The summed E-state index contributed by atoms with van der Waals surface area (Å²) in [6, 6.07) is 7.70. The third kappa shape index (κ3) is 3.56. The van der Waals surface area contributed by atoms with Crippen molar-refractivity contribution in [1.29, 1.82) is 0 Å². The zero-order valence-corrected chi connectivity index (χ0v) is 15.4. The van der Waals surface area contributed by atoms with Gasteiger partial charge in [-0.05, 0) is 29.8 Å². The smallest absolute Gasteiger partial charge is 0.253 e. The molecule has 7 nitrogen and oxygen atoms in total. The molecule has 3 rings (SSSR count). The Kier molecular flexibility index (Phi) is 4.97. The lowest BCUT2D eigenvalue weighted by atomic mass is 10.1. The van der Waals surface area contributed by atoms with Crippen molar-refractivity contribution in [1.82, 2.24) is 10.3 Å². The molecular weight excluding hydrogens is 378 g/mol. The van der Waals surface area contributed by atoms with Gasteiger partial charge in [-0.25, -0.2) is 12.7 Å². The molecule has 2 amide bonds. The summed E-state index contributed by atoms with van der Waals surface area (Å²) in [4.78, 5) is 28.4. The number of sulfonamides is 1. The first kappa shape index (κ1) is 18.3. The van der Waals surface area contributed by atoms with Gasteiger partial charge in [-0.1, -0.05) is 24.6 Å². The molecule has 0 aliphatic carbocycles. The van der Waals surface area contributed by atoms with Crippen LogP contribution in [0.3, 0.4) is 0 Å². The summed E-state index contributed by atoms with van der Waals surface area (Å²) >= 11 is 6.16. The molecule has 9 heteroatoms. The molecule has 0 spiro atoms. The number of carbonyl (C=O) groups excluding carboxylic acids is 2. The lowest BCUT2D eigenvalue weighted by Gasteiger charge is -2.16. The Morgan fingerprint density at radius 2 is 2.15 bits per heavy atom. The molecule has 1 saturated heterocycles. The minimum absolute atomic E-state index is 0.0636.